The maximum absolute atomic E-state index is 13.4. The van der Waals surface area contributed by atoms with Gasteiger partial charge in [0, 0.05) is 32.6 Å². The summed E-state index contributed by atoms with van der Waals surface area (Å²) in [7, 11) is 0. The number of para-hydroxylation sites is 1. The van der Waals surface area contributed by atoms with Crippen LogP contribution in [0.1, 0.15) is 27.0 Å². The summed E-state index contributed by atoms with van der Waals surface area (Å²) in [5, 5.41) is 13.3. The SMILES string of the molecule is Cc1csc(C(C#N)C(=O)c2cc(-c3ccccc3Cl)nc3ccccc23)n1. The third-order valence-corrected chi connectivity index (χ3v) is 5.76. The molecule has 0 radical (unpaired) electrons. The molecule has 1 unspecified atom stereocenters. The fourth-order valence-corrected chi connectivity index (χ4v) is 4.14. The minimum absolute atomic E-state index is 0.288. The zero-order valence-corrected chi connectivity index (χ0v) is 16.5. The molecule has 28 heavy (non-hydrogen) atoms. The molecule has 0 saturated heterocycles. The van der Waals surface area contributed by atoms with Crippen molar-refractivity contribution in [2.45, 2.75) is 12.8 Å². The molecule has 0 fully saturated rings. The summed E-state index contributed by atoms with van der Waals surface area (Å²) in [5.41, 5.74) is 3.25. The van der Waals surface area contributed by atoms with E-state index in [9.17, 15) is 10.1 Å². The highest BCUT2D eigenvalue weighted by Crippen LogP contribution is 2.32. The molecule has 1 atom stereocenters. The van der Waals surface area contributed by atoms with Gasteiger partial charge in [0.05, 0.1) is 17.3 Å². The van der Waals surface area contributed by atoms with Gasteiger partial charge in [0.1, 0.15) is 5.01 Å². The highest BCUT2D eigenvalue weighted by atomic mass is 35.5. The van der Waals surface area contributed by atoms with E-state index in [2.05, 4.69) is 16.0 Å². The molecule has 4 aromatic rings. The molecule has 0 aliphatic rings. The number of hydrogen-bond acceptors (Lipinski definition) is 5. The molecule has 0 saturated carbocycles. The summed E-state index contributed by atoms with van der Waals surface area (Å²) in [5.74, 6) is -1.24. The highest BCUT2D eigenvalue weighted by Gasteiger charge is 2.27. The van der Waals surface area contributed by atoms with Gasteiger partial charge in [-0.1, -0.05) is 48.0 Å². The maximum Gasteiger partial charge on any atom is 0.187 e. The van der Waals surface area contributed by atoms with E-state index in [4.69, 9.17) is 11.6 Å². The minimum atomic E-state index is -0.955. The van der Waals surface area contributed by atoms with E-state index in [1.165, 1.54) is 11.3 Å². The van der Waals surface area contributed by atoms with Crippen molar-refractivity contribution >= 4 is 39.6 Å². The number of nitrogens with zero attached hydrogens (tertiary/aromatic N) is 3. The largest absolute Gasteiger partial charge is 0.292 e. The van der Waals surface area contributed by atoms with Crippen molar-refractivity contribution in [1.82, 2.24) is 9.97 Å². The van der Waals surface area contributed by atoms with Crippen LogP contribution in [0.15, 0.2) is 60.0 Å². The van der Waals surface area contributed by atoms with Gasteiger partial charge in [-0.3, -0.25) is 4.79 Å². The van der Waals surface area contributed by atoms with Crippen molar-refractivity contribution in [3.05, 3.63) is 81.3 Å². The predicted octanol–water partition coefficient (Wildman–Crippen LogP) is 5.81. The van der Waals surface area contributed by atoms with Crippen LogP contribution in [-0.2, 0) is 0 Å². The number of benzene rings is 2. The lowest BCUT2D eigenvalue weighted by atomic mass is 9.94. The number of thiazole rings is 1. The Labute approximate surface area is 171 Å². The summed E-state index contributed by atoms with van der Waals surface area (Å²) in [6.07, 6.45) is 0. The first-order valence-electron chi connectivity index (χ1n) is 8.59. The summed E-state index contributed by atoms with van der Waals surface area (Å²) >= 11 is 7.67. The maximum atomic E-state index is 13.4. The van der Waals surface area contributed by atoms with Gasteiger partial charge in [-0.05, 0) is 25.1 Å². The molecule has 2 aromatic heterocycles. The zero-order chi connectivity index (χ0) is 19.7. The Morgan fingerprint density at radius 2 is 1.89 bits per heavy atom. The molecule has 2 aromatic carbocycles. The van der Waals surface area contributed by atoms with Crippen LogP contribution in [-0.4, -0.2) is 15.8 Å². The third-order valence-electron chi connectivity index (χ3n) is 4.41. The van der Waals surface area contributed by atoms with Crippen LogP contribution in [0.25, 0.3) is 22.2 Å². The van der Waals surface area contributed by atoms with E-state index in [0.29, 0.717) is 32.2 Å². The Morgan fingerprint density at radius 1 is 1.14 bits per heavy atom. The number of pyridine rings is 1. The van der Waals surface area contributed by atoms with Gasteiger partial charge in [0.2, 0.25) is 0 Å². The molecule has 0 aliphatic carbocycles. The highest BCUT2D eigenvalue weighted by molar-refractivity contribution is 7.10. The smallest absolute Gasteiger partial charge is 0.187 e. The van der Waals surface area contributed by atoms with Gasteiger partial charge >= 0.3 is 0 Å². The fourth-order valence-electron chi connectivity index (χ4n) is 3.07. The molecule has 4 nitrogen and oxygen atoms in total. The Morgan fingerprint density at radius 3 is 2.61 bits per heavy atom. The lowest BCUT2D eigenvalue weighted by molar-refractivity contribution is 0.0980. The number of carbonyl (C=O) groups excluding carboxylic acids is 1. The van der Waals surface area contributed by atoms with Crippen LogP contribution >= 0.6 is 22.9 Å². The molecule has 0 amide bonds. The van der Waals surface area contributed by atoms with Gasteiger partial charge in [-0.15, -0.1) is 11.3 Å². The number of hydrogen-bond donors (Lipinski definition) is 0. The van der Waals surface area contributed by atoms with Gasteiger partial charge in [0.25, 0.3) is 0 Å². The second-order valence-electron chi connectivity index (χ2n) is 6.31. The van der Waals surface area contributed by atoms with Crippen molar-refractivity contribution < 1.29 is 4.79 Å². The molecule has 0 bridgehead atoms. The average Bonchev–Trinajstić information content (AvgIpc) is 3.14. The lowest BCUT2D eigenvalue weighted by Crippen LogP contribution is -2.12. The van der Waals surface area contributed by atoms with Gasteiger partial charge in [-0.2, -0.15) is 5.26 Å². The van der Waals surface area contributed by atoms with E-state index in [1.807, 2.05) is 54.8 Å². The quantitative estimate of drug-likeness (QED) is 0.403. The first-order chi connectivity index (χ1) is 13.6. The van der Waals surface area contributed by atoms with Gasteiger partial charge in [0.15, 0.2) is 11.7 Å². The van der Waals surface area contributed by atoms with Crippen LogP contribution in [0.4, 0.5) is 0 Å². The standard InChI is InChI=1S/C22H14ClN3OS/c1-13-12-28-22(25-13)17(11-24)21(27)16-10-20(15-7-2-4-8-18(15)23)26-19-9-5-3-6-14(16)19/h2-10,12,17H,1H3. The molecule has 0 spiro atoms. The first kappa shape index (κ1) is 18.3. The number of halogens is 1. The number of carbonyl (C=O) groups is 1. The molecule has 6 heteroatoms. The average molecular weight is 404 g/mol. The topological polar surface area (TPSA) is 66.6 Å². The number of Topliss-reactive ketones (excluding diaryl/α,β-unsaturated/α-hetero) is 1. The first-order valence-corrected chi connectivity index (χ1v) is 9.85. The number of aromatic nitrogens is 2. The lowest BCUT2D eigenvalue weighted by Gasteiger charge is -2.12. The Bertz CT molecular complexity index is 1240. The Kier molecular flexibility index (Phi) is 4.91. The molecule has 0 aliphatic heterocycles. The van der Waals surface area contributed by atoms with Crippen LogP contribution in [0.3, 0.4) is 0 Å². The summed E-state index contributed by atoms with van der Waals surface area (Å²) in [6.45, 7) is 1.84. The molecular weight excluding hydrogens is 390 g/mol. The zero-order valence-electron chi connectivity index (χ0n) is 14.9. The summed E-state index contributed by atoms with van der Waals surface area (Å²) in [4.78, 5) is 22.4. The fraction of sp³-hybridized carbons (Fsp3) is 0.0909. The van der Waals surface area contributed by atoms with Gasteiger partial charge < -0.3 is 0 Å². The molecule has 2 heterocycles. The van der Waals surface area contributed by atoms with Crippen LogP contribution in [0, 0.1) is 18.3 Å². The third kappa shape index (κ3) is 3.29. The van der Waals surface area contributed by atoms with E-state index >= 15 is 0 Å². The van der Waals surface area contributed by atoms with Gasteiger partial charge in [-0.25, -0.2) is 9.97 Å². The van der Waals surface area contributed by atoms with E-state index in [1.54, 1.807) is 12.1 Å². The molecule has 4 rings (SSSR count). The Balaban J connectivity index is 1.91. The van der Waals surface area contributed by atoms with E-state index in [0.717, 1.165) is 11.3 Å². The normalized spacial score (nSPS) is 11.9. The summed E-state index contributed by atoms with van der Waals surface area (Å²) < 4.78 is 0. The van der Waals surface area contributed by atoms with Crippen molar-refractivity contribution in [2.24, 2.45) is 0 Å². The molecule has 136 valence electrons. The second-order valence-corrected chi connectivity index (χ2v) is 7.60. The number of fused-ring (bicyclic) bond motifs is 1. The number of nitriles is 1. The second kappa shape index (κ2) is 7.51. The van der Waals surface area contributed by atoms with Crippen molar-refractivity contribution in [3.8, 4) is 17.3 Å². The number of ketones is 1. The van der Waals surface area contributed by atoms with Crippen LogP contribution in [0.5, 0.6) is 0 Å². The van der Waals surface area contributed by atoms with Crippen molar-refractivity contribution in [3.63, 3.8) is 0 Å². The van der Waals surface area contributed by atoms with E-state index < -0.39 is 5.92 Å². The minimum Gasteiger partial charge on any atom is -0.292 e. The van der Waals surface area contributed by atoms with Crippen LogP contribution in [0.2, 0.25) is 5.02 Å². The number of aryl methyl sites for hydroxylation is 1. The van der Waals surface area contributed by atoms with Crippen molar-refractivity contribution in [1.29, 1.82) is 5.26 Å². The predicted molar refractivity (Wildman–Crippen MR) is 112 cm³/mol. The van der Waals surface area contributed by atoms with E-state index in [-0.39, 0.29) is 5.78 Å². The number of rotatable bonds is 4. The van der Waals surface area contributed by atoms with Crippen molar-refractivity contribution in [2.75, 3.05) is 0 Å². The Hall–Kier alpha value is -3.07. The van der Waals surface area contributed by atoms with Crippen LogP contribution < -0.4 is 0 Å². The summed E-state index contributed by atoms with van der Waals surface area (Å²) in [6, 6.07) is 18.6. The monoisotopic (exact) mass is 403 g/mol. The molecular formula is C22H14ClN3OS. The molecule has 0 N–H and O–H groups in total.